The maximum Gasteiger partial charge on any atom is 0.321 e. The van der Waals surface area contributed by atoms with Crippen molar-refractivity contribution in [2.75, 3.05) is 17.3 Å². The van der Waals surface area contributed by atoms with Crippen molar-refractivity contribution in [2.45, 2.75) is 25.9 Å². The molecule has 3 aromatic carbocycles. The Morgan fingerprint density at radius 2 is 1.61 bits per heavy atom. The molecular formula is C26H25FN4O2. The normalized spacial score (nSPS) is 15.5. The van der Waals surface area contributed by atoms with Crippen molar-refractivity contribution in [1.29, 1.82) is 0 Å². The van der Waals surface area contributed by atoms with Crippen LogP contribution in [0.2, 0.25) is 0 Å². The molecule has 0 bridgehead atoms. The molecule has 0 saturated carbocycles. The van der Waals surface area contributed by atoms with Gasteiger partial charge in [0.25, 0.3) is 5.91 Å². The van der Waals surface area contributed by atoms with Crippen molar-refractivity contribution in [3.63, 3.8) is 0 Å². The lowest BCUT2D eigenvalue weighted by atomic mass is 10.00. The minimum Gasteiger partial charge on any atom is -0.311 e. The zero-order valence-corrected chi connectivity index (χ0v) is 18.7. The van der Waals surface area contributed by atoms with E-state index in [4.69, 9.17) is 0 Å². The third-order valence-corrected chi connectivity index (χ3v) is 5.57. The van der Waals surface area contributed by atoms with Crippen LogP contribution in [0, 0.1) is 5.82 Å². The molecule has 3 amide bonds. The van der Waals surface area contributed by atoms with Gasteiger partial charge in [0.15, 0.2) is 0 Å². The van der Waals surface area contributed by atoms with Crippen molar-refractivity contribution >= 4 is 29.0 Å². The average Bonchev–Trinajstić information content (AvgIpc) is 2.90. The number of nitrogens with zero attached hydrogens (tertiary/aromatic N) is 2. The molecule has 0 aliphatic carbocycles. The summed E-state index contributed by atoms with van der Waals surface area (Å²) in [5, 5.41) is 5.47. The number of rotatable bonds is 4. The van der Waals surface area contributed by atoms with Gasteiger partial charge in [0, 0.05) is 23.9 Å². The molecule has 4 rings (SSSR count). The highest BCUT2D eigenvalue weighted by atomic mass is 19.1. The Hall–Kier alpha value is -4.00. The van der Waals surface area contributed by atoms with Gasteiger partial charge in [-0.15, -0.1) is 0 Å². The molecular weight excluding hydrogens is 419 g/mol. The van der Waals surface area contributed by atoms with Crippen molar-refractivity contribution in [1.82, 2.24) is 5.32 Å². The highest BCUT2D eigenvalue weighted by molar-refractivity contribution is 6.20. The first-order valence-corrected chi connectivity index (χ1v) is 10.7. The van der Waals surface area contributed by atoms with Crippen LogP contribution >= 0.6 is 0 Å². The third-order valence-electron chi connectivity index (χ3n) is 5.57. The number of aliphatic imine (C=N–C) groups is 1. The number of carbonyl (C=O) groups is 2. The number of likely N-dealkylation sites (N-methyl/N-ethyl adjacent to an activating group) is 1. The van der Waals surface area contributed by atoms with Gasteiger partial charge >= 0.3 is 6.03 Å². The highest BCUT2D eigenvalue weighted by Gasteiger charge is 2.31. The summed E-state index contributed by atoms with van der Waals surface area (Å²) >= 11 is 0. The summed E-state index contributed by atoms with van der Waals surface area (Å²) in [6.07, 6.45) is -1.23. The van der Waals surface area contributed by atoms with Gasteiger partial charge in [-0.1, -0.05) is 62.4 Å². The van der Waals surface area contributed by atoms with Crippen LogP contribution in [0.1, 0.15) is 36.5 Å². The molecule has 1 unspecified atom stereocenters. The molecule has 0 fully saturated rings. The monoisotopic (exact) mass is 444 g/mol. The quantitative estimate of drug-likeness (QED) is 0.600. The van der Waals surface area contributed by atoms with Crippen LogP contribution in [0.25, 0.3) is 0 Å². The van der Waals surface area contributed by atoms with Crippen LogP contribution in [-0.4, -0.2) is 30.9 Å². The highest BCUT2D eigenvalue weighted by Crippen LogP contribution is 2.28. The van der Waals surface area contributed by atoms with Gasteiger partial charge in [0.05, 0.1) is 11.4 Å². The number of nitrogens with one attached hydrogen (secondary N) is 2. The first-order chi connectivity index (χ1) is 15.9. The summed E-state index contributed by atoms with van der Waals surface area (Å²) in [7, 11) is 1.61. The molecule has 33 heavy (non-hydrogen) atoms. The number of anilines is 2. The Labute approximate surface area is 192 Å². The molecule has 1 atom stereocenters. The van der Waals surface area contributed by atoms with Crippen molar-refractivity contribution < 1.29 is 14.0 Å². The van der Waals surface area contributed by atoms with Crippen molar-refractivity contribution in [3.05, 3.63) is 95.3 Å². The Bertz CT molecular complexity index is 1240. The fourth-order valence-corrected chi connectivity index (χ4v) is 3.88. The van der Waals surface area contributed by atoms with E-state index in [0.717, 1.165) is 5.56 Å². The molecule has 168 valence electrons. The van der Waals surface area contributed by atoms with E-state index in [0.29, 0.717) is 22.6 Å². The minimum absolute atomic E-state index is 0.201. The van der Waals surface area contributed by atoms with Gasteiger partial charge in [-0.3, -0.25) is 4.79 Å². The molecule has 1 aliphatic heterocycles. The van der Waals surface area contributed by atoms with Gasteiger partial charge in [0.2, 0.25) is 6.17 Å². The van der Waals surface area contributed by atoms with E-state index in [1.807, 2.05) is 32.0 Å². The molecule has 1 aliphatic rings. The Morgan fingerprint density at radius 1 is 0.970 bits per heavy atom. The zero-order valence-electron chi connectivity index (χ0n) is 18.7. The maximum atomic E-state index is 14.7. The average molecular weight is 445 g/mol. The lowest BCUT2D eigenvalue weighted by Gasteiger charge is -2.21. The number of carbonyl (C=O) groups excluding carboxylic acids is 2. The third kappa shape index (κ3) is 4.48. The predicted octanol–water partition coefficient (Wildman–Crippen LogP) is 4.91. The summed E-state index contributed by atoms with van der Waals surface area (Å²) in [5.74, 6) is -0.689. The molecule has 1 heterocycles. The Kier molecular flexibility index (Phi) is 6.22. The largest absolute Gasteiger partial charge is 0.321 e. The van der Waals surface area contributed by atoms with E-state index in [-0.39, 0.29) is 11.5 Å². The minimum atomic E-state index is -1.23. The van der Waals surface area contributed by atoms with Crippen LogP contribution in [-0.2, 0) is 4.79 Å². The predicted molar refractivity (Wildman–Crippen MR) is 128 cm³/mol. The van der Waals surface area contributed by atoms with Crippen molar-refractivity contribution in [3.8, 4) is 0 Å². The second-order valence-electron chi connectivity index (χ2n) is 8.11. The number of hydrogen-bond donors (Lipinski definition) is 2. The Morgan fingerprint density at radius 3 is 2.33 bits per heavy atom. The molecule has 7 heteroatoms. The number of para-hydroxylation sites is 2. The van der Waals surface area contributed by atoms with Gasteiger partial charge in [-0.25, -0.2) is 14.2 Å². The number of benzene rings is 3. The van der Waals surface area contributed by atoms with E-state index in [1.165, 1.54) is 11.0 Å². The van der Waals surface area contributed by atoms with E-state index < -0.39 is 23.9 Å². The number of urea groups is 1. The molecule has 3 aromatic rings. The van der Waals surface area contributed by atoms with Crippen LogP contribution < -0.4 is 15.5 Å². The number of hydrogen-bond acceptors (Lipinski definition) is 3. The van der Waals surface area contributed by atoms with Crippen LogP contribution in [0.4, 0.5) is 20.6 Å². The van der Waals surface area contributed by atoms with Crippen molar-refractivity contribution in [2.24, 2.45) is 4.99 Å². The lowest BCUT2D eigenvalue weighted by Crippen LogP contribution is -2.47. The molecule has 0 saturated heterocycles. The van der Waals surface area contributed by atoms with Gasteiger partial charge in [0.1, 0.15) is 5.82 Å². The van der Waals surface area contributed by atoms with E-state index >= 15 is 0 Å². The van der Waals surface area contributed by atoms with Gasteiger partial charge in [-0.2, -0.15) is 0 Å². The van der Waals surface area contributed by atoms with E-state index in [1.54, 1.807) is 55.6 Å². The molecule has 0 aromatic heterocycles. The van der Waals surface area contributed by atoms with E-state index in [9.17, 15) is 14.0 Å². The van der Waals surface area contributed by atoms with Crippen LogP contribution in [0.5, 0.6) is 0 Å². The summed E-state index contributed by atoms with van der Waals surface area (Å²) in [4.78, 5) is 32.0. The maximum absolute atomic E-state index is 14.7. The first-order valence-electron chi connectivity index (χ1n) is 10.7. The fourth-order valence-electron chi connectivity index (χ4n) is 3.88. The number of amides is 3. The topological polar surface area (TPSA) is 73.8 Å². The number of benzodiazepines with no additional fused rings is 1. The summed E-state index contributed by atoms with van der Waals surface area (Å²) < 4.78 is 14.7. The second-order valence-corrected chi connectivity index (χ2v) is 8.11. The smallest absolute Gasteiger partial charge is 0.311 e. The van der Waals surface area contributed by atoms with Crippen LogP contribution in [0.3, 0.4) is 0 Å². The van der Waals surface area contributed by atoms with Gasteiger partial charge < -0.3 is 15.5 Å². The second kappa shape index (κ2) is 9.24. The van der Waals surface area contributed by atoms with Gasteiger partial charge in [-0.05, 0) is 35.7 Å². The van der Waals surface area contributed by atoms with Crippen LogP contribution in [0.15, 0.2) is 77.8 Å². The van der Waals surface area contributed by atoms with E-state index in [2.05, 4.69) is 15.6 Å². The number of fused-ring (bicyclic) bond motifs is 1. The lowest BCUT2D eigenvalue weighted by molar-refractivity contribution is -0.119. The fraction of sp³-hybridized carbons (Fsp3) is 0.192. The zero-order chi connectivity index (χ0) is 23.5. The molecule has 6 nitrogen and oxygen atoms in total. The Balaban J connectivity index is 1.71. The molecule has 0 spiro atoms. The first kappa shape index (κ1) is 22.2. The summed E-state index contributed by atoms with van der Waals surface area (Å²) in [6, 6.07) is 20.3. The number of halogens is 1. The molecule has 2 N–H and O–H groups in total. The SMILES string of the molecule is CC(C)c1ccccc1NC(=O)NC1N=C(c2ccccc2F)c2ccccc2N(C)C1=O. The summed E-state index contributed by atoms with van der Waals surface area (Å²) in [6.45, 7) is 4.06. The molecule has 0 radical (unpaired) electrons. The standard InChI is InChI=1S/C26H25FN4O2/c1-16(2)17-10-5-8-14-21(17)28-26(33)30-24-25(32)31(3)22-15-9-6-12-19(22)23(29-24)18-11-4-7-13-20(18)27/h4-16,24H,1-3H3,(H2,28,30,33). The summed E-state index contributed by atoms with van der Waals surface area (Å²) in [5.41, 5.74) is 3.37.